The maximum Gasteiger partial charge on any atom is 0.141 e. The van der Waals surface area contributed by atoms with Gasteiger partial charge >= 0.3 is 0 Å². The molecule has 1 saturated carbocycles. The summed E-state index contributed by atoms with van der Waals surface area (Å²) in [5, 5.41) is 0. The van der Waals surface area contributed by atoms with Crippen molar-refractivity contribution in [2.75, 3.05) is 13.2 Å². The van der Waals surface area contributed by atoms with E-state index in [0.29, 0.717) is 5.78 Å². The number of hydrogen-bond donors (Lipinski definition) is 0. The second-order valence-electron chi connectivity index (χ2n) is 6.90. The Bertz CT molecular complexity index is 341. The number of carbonyl (C=O) groups is 1. The lowest BCUT2D eigenvalue weighted by Gasteiger charge is -2.43. The van der Waals surface area contributed by atoms with Crippen LogP contribution in [0.2, 0.25) is 0 Å². The minimum absolute atomic E-state index is 0.0397. The van der Waals surface area contributed by atoms with Crippen molar-refractivity contribution < 1.29 is 14.3 Å². The summed E-state index contributed by atoms with van der Waals surface area (Å²) in [7, 11) is 0. The van der Waals surface area contributed by atoms with Gasteiger partial charge in [-0.25, -0.2) is 0 Å². The summed E-state index contributed by atoms with van der Waals surface area (Å²) in [6.07, 6.45) is 10.2. The van der Waals surface area contributed by atoms with Gasteiger partial charge in [-0.2, -0.15) is 0 Å². The molecule has 3 unspecified atom stereocenters. The quantitative estimate of drug-likeness (QED) is 0.793. The van der Waals surface area contributed by atoms with Gasteiger partial charge in [-0.1, -0.05) is 26.2 Å². The molecule has 0 N–H and O–H groups in total. The molecule has 20 heavy (non-hydrogen) atoms. The van der Waals surface area contributed by atoms with E-state index in [4.69, 9.17) is 9.47 Å². The molecule has 0 bridgehead atoms. The standard InChI is InChI=1S/C17H28O3/c1-2-15-14(7-10-19-15)16(18)13-6-11-20-17(12-13)8-4-3-5-9-17/h13-15H,2-12H2,1H3. The molecule has 3 heteroatoms. The van der Waals surface area contributed by atoms with Crippen LogP contribution in [0.1, 0.15) is 64.7 Å². The molecular formula is C17H28O3. The van der Waals surface area contributed by atoms with Crippen LogP contribution in [0.4, 0.5) is 0 Å². The average Bonchev–Trinajstić information content (AvgIpc) is 2.96. The van der Waals surface area contributed by atoms with Crippen molar-refractivity contribution in [1.29, 1.82) is 0 Å². The second kappa shape index (κ2) is 6.15. The fourth-order valence-corrected chi connectivity index (χ4v) is 4.49. The van der Waals surface area contributed by atoms with E-state index in [-0.39, 0.29) is 23.5 Å². The smallest absolute Gasteiger partial charge is 0.141 e. The molecule has 0 radical (unpaired) electrons. The lowest BCUT2D eigenvalue weighted by molar-refractivity contribution is -0.147. The third-order valence-corrected chi connectivity index (χ3v) is 5.64. The molecule has 0 aromatic rings. The highest BCUT2D eigenvalue weighted by atomic mass is 16.5. The zero-order chi connectivity index (χ0) is 14.0. The van der Waals surface area contributed by atoms with Crippen LogP contribution in [0.5, 0.6) is 0 Å². The van der Waals surface area contributed by atoms with E-state index in [1.807, 2.05) is 0 Å². The fourth-order valence-electron chi connectivity index (χ4n) is 4.49. The van der Waals surface area contributed by atoms with Crippen LogP contribution < -0.4 is 0 Å². The molecule has 3 rings (SSSR count). The van der Waals surface area contributed by atoms with Crippen molar-refractivity contribution in [2.45, 2.75) is 76.4 Å². The van der Waals surface area contributed by atoms with E-state index in [1.54, 1.807) is 0 Å². The summed E-state index contributed by atoms with van der Waals surface area (Å²) in [6, 6.07) is 0. The van der Waals surface area contributed by atoms with Crippen LogP contribution in [0.15, 0.2) is 0 Å². The molecule has 0 aromatic heterocycles. The topological polar surface area (TPSA) is 35.5 Å². The number of rotatable bonds is 3. The van der Waals surface area contributed by atoms with Crippen LogP contribution in [0.3, 0.4) is 0 Å². The summed E-state index contributed by atoms with van der Waals surface area (Å²) in [4.78, 5) is 12.9. The van der Waals surface area contributed by atoms with Gasteiger partial charge in [-0.15, -0.1) is 0 Å². The van der Waals surface area contributed by atoms with Crippen LogP contribution in [0, 0.1) is 11.8 Å². The second-order valence-corrected chi connectivity index (χ2v) is 6.90. The number of Topliss-reactive ketones (excluding diaryl/α,β-unsaturated/α-hetero) is 1. The van der Waals surface area contributed by atoms with Gasteiger partial charge in [0.15, 0.2) is 0 Å². The first-order valence-corrected chi connectivity index (χ1v) is 8.53. The van der Waals surface area contributed by atoms with Crippen molar-refractivity contribution >= 4 is 5.78 Å². The zero-order valence-electron chi connectivity index (χ0n) is 12.7. The lowest BCUT2D eigenvalue weighted by Crippen LogP contribution is -2.45. The fraction of sp³-hybridized carbons (Fsp3) is 0.941. The first-order valence-electron chi connectivity index (χ1n) is 8.53. The normalized spacial score (nSPS) is 37.1. The SMILES string of the molecule is CCC1OCCC1C(=O)C1CCOC2(CCCCC2)C1. The molecule has 2 heterocycles. The van der Waals surface area contributed by atoms with Gasteiger partial charge < -0.3 is 9.47 Å². The minimum atomic E-state index is 0.0397. The zero-order valence-corrected chi connectivity index (χ0v) is 12.7. The maximum atomic E-state index is 12.9. The van der Waals surface area contributed by atoms with Gasteiger partial charge in [0.1, 0.15) is 5.78 Å². The van der Waals surface area contributed by atoms with Gasteiger partial charge in [-0.05, 0) is 38.5 Å². The molecule has 3 nitrogen and oxygen atoms in total. The summed E-state index contributed by atoms with van der Waals surface area (Å²) in [5.41, 5.74) is 0.0397. The third-order valence-electron chi connectivity index (χ3n) is 5.64. The van der Waals surface area contributed by atoms with Crippen molar-refractivity contribution in [3.63, 3.8) is 0 Å². The van der Waals surface area contributed by atoms with Crippen molar-refractivity contribution in [1.82, 2.24) is 0 Å². The molecule has 3 fully saturated rings. The average molecular weight is 280 g/mol. The summed E-state index contributed by atoms with van der Waals surface area (Å²) < 4.78 is 11.8. The Hall–Kier alpha value is -0.410. The van der Waals surface area contributed by atoms with Crippen LogP contribution >= 0.6 is 0 Å². The molecule has 114 valence electrons. The van der Waals surface area contributed by atoms with Crippen molar-refractivity contribution in [3.8, 4) is 0 Å². The highest BCUT2D eigenvalue weighted by Crippen LogP contribution is 2.42. The highest BCUT2D eigenvalue weighted by molar-refractivity contribution is 5.84. The van der Waals surface area contributed by atoms with E-state index >= 15 is 0 Å². The largest absolute Gasteiger partial charge is 0.377 e. The van der Waals surface area contributed by atoms with Crippen LogP contribution in [-0.2, 0) is 14.3 Å². The Morgan fingerprint density at radius 1 is 1.15 bits per heavy atom. The van der Waals surface area contributed by atoms with E-state index in [2.05, 4.69) is 6.92 Å². The Labute approximate surface area is 122 Å². The highest BCUT2D eigenvalue weighted by Gasteiger charge is 2.44. The van der Waals surface area contributed by atoms with E-state index in [0.717, 1.165) is 51.7 Å². The van der Waals surface area contributed by atoms with Gasteiger partial charge in [0.05, 0.1) is 11.7 Å². The molecule has 2 aliphatic heterocycles. The monoisotopic (exact) mass is 280 g/mol. The minimum Gasteiger partial charge on any atom is -0.377 e. The van der Waals surface area contributed by atoms with Gasteiger partial charge in [-0.3, -0.25) is 4.79 Å². The van der Waals surface area contributed by atoms with Crippen LogP contribution in [-0.4, -0.2) is 30.7 Å². The summed E-state index contributed by atoms with van der Waals surface area (Å²) >= 11 is 0. The molecule has 1 spiro atoms. The predicted molar refractivity (Wildman–Crippen MR) is 77.6 cm³/mol. The van der Waals surface area contributed by atoms with Crippen LogP contribution in [0.25, 0.3) is 0 Å². The predicted octanol–water partition coefficient (Wildman–Crippen LogP) is 3.50. The molecule has 0 amide bonds. The Morgan fingerprint density at radius 2 is 1.95 bits per heavy atom. The summed E-state index contributed by atoms with van der Waals surface area (Å²) in [5.74, 6) is 0.855. The number of ether oxygens (including phenoxy) is 2. The molecular weight excluding hydrogens is 252 g/mol. The van der Waals surface area contributed by atoms with E-state index in [1.165, 1.54) is 19.3 Å². The lowest BCUT2D eigenvalue weighted by atomic mass is 9.72. The van der Waals surface area contributed by atoms with Gasteiger partial charge in [0, 0.05) is 25.0 Å². The van der Waals surface area contributed by atoms with E-state index < -0.39 is 0 Å². The van der Waals surface area contributed by atoms with Crippen molar-refractivity contribution in [2.24, 2.45) is 11.8 Å². The maximum absolute atomic E-state index is 12.9. The number of ketones is 1. The molecule has 3 aliphatic rings. The Morgan fingerprint density at radius 3 is 2.70 bits per heavy atom. The molecule has 3 atom stereocenters. The first kappa shape index (κ1) is 14.5. The van der Waals surface area contributed by atoms with E-state index in [9.17, 15) is 4.79 Å². The molecule has 2 saturated heterocycles. The van der Waals surface area contributed by atoms with Crippen molar-refractivity contribution in [3.05, 3.63) is 0 Å². The Balaban J connectivity index is 1.65. The number of carbonyl (C=O) groups excluding carboxylic acids is 1. The summed E-state index contributed by atoms with van der Waals surface area (Å²) in [6.45, 7) is 3.67. The first-order chi connectivity index (χ1) is 9.74. The van der Waals surface area contributed by atoms with Gasteiger partial charge in [0.25, 0.3) is 0 Å². The number of hydrogen-bond acceptors (Lipinski definition) is 3. The van der Waals surface area contributed by atoms with Gasteiger partial charge in [0.2, 0.25) is 0 Å². The third kappa shape index (κ3) is 2.80. The molecule has 0 aromatic carbocycles. The Kier molecular flexibility index (Phi) is 4.46. The molecule has 1 aliphatic carbocycles.